The van der Waals surface area contributed by atoms with Crippen LogP contribution in [0.15, 0.2) is 30.3 Å². The SMILES string of the molecule is O=C(CCC(=O)C1(C2CCCCC2)CCC1)c1ccccc1. The van der Waals surface area contributed by atoms with Crippen LogP contribution in [0.4, 0.5) is 0 Å². The second-order valence-corrected chi connectivity index (χ2v) is 7.06. The number of ketones is 2. The van der Waals surface area contributed by atoms with E-state index in [0.717, 1.165) is 18.4 Å². The summed E-state index contributed by atoms with van der Waals surface area (Å²) in [6, 6.07) is 9.35. The van der Waals surface area contributed by atoms with Crippen molar-refractivity contribution in [2.75, 3.05) is 0 Å². The van der Waals surface area contributed by atoms with Gasteiger partial charge in [-0.1, -0.05) is 56.0 Å². The normalized spacial score (nSPS) is 21.1. The first kappa shape index (κ1) is 15.5. The van der Waals surface area contributed by atoms with Crippen LogP contribution in [0.5, 0.6) is 0 Å². The summed E-state index contributed by atoms with van der Waals surface area (Å²) in [5, 5.41) is 0. The molecule has 0 amide bonds. The van der Waals surface area contributed by atoms with Crippen LogP contribution in [0.3, 0.4) is 0 Å². The Morgan fingerprint density at radius 2 is 1.59 bits per heavy atom. The van der Waals surface area contributed by atoms with Gasteiger partial charge in [-0.05, 0) is 31.6 Å². The van der Waals surface area contributed by atoms with Crippen molar-refractivity contribution in [3.05, 3.63) is 35.9 Å². The highest BCUT2D eigenvalue weighted by atomic mass is 16.1. The lowest BCUT2D eigenvalue weighted by Gasteiger charge is -2.48. The Morgan fingerprint density at radius 3 is 2.18 bits per heavy atom. The van der Waals surface area contributed by atoms with Gasteiger partial charge in [-0.15, -0.1) is 0 Å². The van der Waals surface area contributed by atoms with Crippen molar-refractivity contribution in [3.63, 3.8) is 0 Å². The van der Waals surface area contributed by atoms with Crippen molar-refractivity contribution in [3.8, 4) is 0 Å². The number of carbonyl (C=O) groups is 2. The van der Waals surface area contributed by atoms with Crippen molar-refractivity contribution in [1.82, 2.24) is 0 Å². The van der Waals surface area contributed by atoms with Gasteiger partial charge in [0, 0.05) is 23.8 Å². The van der Waals surface area contributed by atoms with Gasteiger partial charge in [0.05, 0.1) is 0 Å². The summed E-state index contributed by atoms with van der Waals surface area (Å²) in [4.78, 5) is 25.0. The third-order valence-electron chi connectivity index (χ3n) is 5.86. The summed E-state index contributed by atoms with van der Waals surface area (Å²) in [6.45, 7) is 0. The van der Waals surface area contributed by atoms with Gasteiger partial charge in [0.2, 0.25) is 0 Å². The smallest absolute Gasteiger partial charge is 0.163 e. The second kappa shape index (κ2) is 6.76. The van der Waals surface area contributed by atoms with E-state index >= 15 is 0 Å². The quantitative estimate of drug-likeness (QED) is 0.695. The van der Waals surface area contributed by atoms with E-state index in [1.54, 1.807) is 0 Å². The van der Waals surface area contributed by atoms with Crippen molar-refractivity contribution < 1.29 is 9.59 Å². The van der Waals surface area contributed by atoms with E-state index in [1.165, 1.54) is 38.5 Å². The fourth-order valence-corrected chi connectivity index (χ4v) is 4.37. The van der Waals surface area contributed by atoms with E-state index < -0.39 is 0 Å². The van der Waals surface area contributed by atoms with E-state index in [2.05, 4.69) is 0 Å². The van der Waals surface area contributed by atoms with Crippen LogP contribution < -0.4 is 0 Å². The maximum Gasteiger partial charge on any atom is 0.163 e. The largest absolute Gasteiger partial charge is 0.299 e. The highest BCUT2D eigenvalue weighted by molar-refractivity contribution is 5.99. The van der Waals surface area contributed by atoms with Crippen LogP contribution in [0, 0.1) is 11.3 Å². The predicted molar refractivity (Wildman–Crippen MR) is 87.9 cm³/mol. The Bertz CT molecular complexity index is 522. The third-order valence-corrected chi connectivity index (χ3v) is 5.86. The molecule has 22 heavy (non-hydrogen) atoms. The molecule has 0 atom stereocenters. The lowest BCUT2D eigenvalue weighted by Crippen LogP contribution is -2.45. The van der Waals surface area contributed by atoms with Gasteiger partial charge in [-0.25, -0.2) is 0 Å². The molecule has 1 aromatic carbocycles. The van der Waals surface area contributed by atoms with E-state index in [4.69, 9.17) is 0 Å². The standard InChI is InChI=1S/C20H26O2/c21-18(16-8-3-1-4-9-16)12-13-19(22)20(14-7-15-20)17-10-5-2-6-11-17/h1,3-4,8-9,17H,2,5-7,10-15H2. The Balaban J connectivity index is 1.59. The van der Waals surface area contributed by atoms with Crippen molar-refractivity contribution in [2.24, 2.45) is 11.3 Å². The molecule has 0 N–H and O–H groups in total. The molecule has 0 spiro atoms. The fourth-order valence-electron chi connectivity index (χ4n) is 4.37. The van der Waals surface area contributed by atoms with Crippen LogP contribution in [0.25, 0.3) is 0 Å². The zero-order valence-corrected chi connectivity index (χ0v) is 13.4. The van der Waals surface area contributed by atoms with Gasteiger partial charge >= 0.3 is 0 Å². The number of benzene rings is 1. The van der Waals surface area contributed by atoms with Crippen LogP contribution in [0.2, 0.25) is 0 Å². The minimum absolute atomic E-state index is 0.0581. The average Bonchev–Trinajstić information content (AvgIpc) is 2.53. The lowest BCUT2D eigenvalue weighted by atomic mass is 9.55. The summed E-state index contributed by atoms with van der Waals surface area (Å²) in [5.74, 6) is 1.07. The molecule has 0 heterocycles. The zero-order valence-electron chi connectivity index (χ0n) is 13.4. The highest BCUT2D eigenvalue weighted by Crippen LogP contribution is 2.53. The Kier molecular flexibility index (Phi) is 4.75. The van der Waals surface area contributed by atoms with Gasteiger partial charge in [-0.2, -0.15) is 0 Å². The topological polar surface area (TPSA) is 34.1 Å². The minimum atomic E-state index is -0.0581. The number of hydrogen-bond donors (Lipinski definition) is 0. The highest BCUT2D eigenvalue weighted by Gasteiger charge is 2.49. The van der Waals surface area contributed by atoms with Crippen LogP contribution in [-0.4, -0.2) is 11.6 Å². The molecule has 0 radical (unpaired) electrons. The molecule has 0 aromatic heterocycles. The van der Waals surface area contributed by atoms with Crippen LogP contribution in [-0.2, 0) is 4.79 Å². The van der Waals surface area contributed by atoms with Gasteiger partial charge in [0.15, 0.2) is 5.78 Å². The molecule has 3 rings (SSSR count). The molecular weight excluding hydrogens is 272 g/mol. The Labute approximate surface area is 133 Å². The molecule has 2 aliphatic carbocycles. The molecule has 1 aromatic rings. The van der Waals surface area contributed by atoms with Gasteiger partial charge in [-0.3, -0.25) is 9.59 Å². The maximum absolute atomic E-state index is 12.8. The Hall–Kier alpha value is -1.44. The zero-order chi connectivity index (χ0) is 15.4. The lowest BCUT2D eigenvalue weighted by molar-refractivity contribution is -0.139. The molecule has 2 aliphatic rings. The molecule has 118 valence electrons. The van der Waals surface area contributed by atoms with E-state index in [-0.39, 0.29) is 11.2 Å². The molecule has 0 saturated heterocycles. The van der Waals surface area contributed by atoms with E-state index in [0.29, 0.717) is 24.5 Å². The summed E-state index contributed by atoms with van der Waals surface area (Å²) in [5.41, 5.74) is 0.674. The molecule has 0 aliphatic heterocycles. The van der Waals surface area contributed by atoms with Crippen molar-refractivity contribution >= 4 is 11.6 Å². The maximum atomic E-state index is 12.8. The number of hydrogen-bond acceptors (Lipinski definition) is 2. The molecule has 0 bridgehead atoms. The Morgan fingerprint density at radius 1 is 0.909 bits per heavy atom. The van der Waals surface area contributed by atoms with Crippen LogP contribution in [0.1, 0.15) is 74.6 Å². The molecule has 2 fully saturated rings. The fraction of sp³-hybridized carbons (Fsp3) is 0.600. The first-order valence-corrected chi connectivity index (χ1v) is 8.84. The van der Waals surface area contributed by atoms with Gasteiger partial charge < -0.3 is 0 Å². The van der Waals surface area contributed by atoms with Gasteiger partial charge in [0.1, 0.15) is 5.78 Å². The summed E-state index contributed by atoms with van der Waals surface area (Å²) in [7, 11) is 0. The minimum Gasteiger partial charge on any atom is -0.299 e. The molecule has 2 saturated carbocycles. The first-order valence-electron chi connectivity index (χ1n) is 8.84. The molecule has 2 nitrogen and oxygen atoms in total. The molecular formula is C20H26O2. The molecule has 0 unspecified atom stereocenters. The van der Waals surface area contributed by atoms with Crippen molar-refractivity contribution in [2.45, 2.75) is 64.2 Å². The summed E-state index contributed by atoms with van der Waals surface area (Å²) >= 11 is 0. The van der Waals surface area contributed by atoms with Crippen LogP contribution >= 0.6 is 0 Å². The number of Topliss-reactive ketones (excluding diaryl/α,β-unsaturated/α-hetero) is 2. The summed E-state index contributed by atoms with van der Waals surface area (Å²) in [6.07, 6.45) is 10.5. The van der Waals surface area contributed by atoms with Gasteiger partial charge in [0.25, 0.3) is 0 Å². The third kappa shape index (κ3) is 3.02. The van der Waals surface area contributed by atoms with E-state index in [1.807, 2.05) is 30.3 Å². The predicted octanol–water partition coefficient (Wildman–Crippen LogP) is 4.97. The van der Waals surface area contributed by atoms with Crippen molar-refractivity contribution in [1.29, 1.82) is 0 Å². The number of carbonyl (C=O) groups excluding carboxylic acids is 2. The van der Waals surface area contributed by atoms with E-state index in [9.17, 15) is 9.59 Å². The first-order chi connectivity index (χ1) is 10.7. The monoisotopic (exact) mass is 298 g/mol. The summed E-state index contributed by atoms with van der Waals surface area (Å²) < 4.78 is 0. The number of rotatable bonds is 6. The molecule has 2 heteroatoms. The second-order valence-electron chi connectivity index (χ2n) is 7.06. The average molecular weight is 298 g/mol.